The van der Waals surface area contributed by atoms with Gasteiger partial charge in [-0.05, 0) is 36.6 Å². The summed E-state index contributed by atoms with van der Waals surface area (Å²) in [7, 11) is 0. The first-order valence-electron chi connectivity index (χ1n) is 7.09. The lowest BCUT2D eigenvalue weighted by atomic mass is 10.0. The van der Waals surface area contributed by atoms with Gasteiger partial charge in [-0.1, -0.05) is 13.3 Å². The number of rotatable bonds is 6. The van der Waals surface area contributed by atoms with Gasteiger partial charge in [-0.25, -0.2) is 0 Å². The Kier molecular flexibility index (Phi) is 6.47. The summed E-state index contributed by atoms with van der Waals surface area (Å²) in [5, 5.41) is 2.56. The first kappa shape index (κ1) is 19.3. The van der Waals surface area contributed by atoms with E-state index >= 15 is 0 Å². The molecule has 0 aromatic heterocycles. The minimum Gasteiger partial charge on any atom is -0.356 e. The molecule has 0 saturated carbocycles. The van der Waals surface area contributed by atoms with Crippen LogP contribution >= 0.6 is 0 Å². The van der Waals surface area contributed by atoms with Crippen molar-refractivity contribution in [2.24, 2.45) is 0 Å². The molecule has 0 aliphatic heterocycles. The number of alkyl halides is 6. The fourth-order valence-electron chi connectivity index (χ4n) is 1.91. The van der Waals surface area contributed by atoms with Gasteiger partial charge < -0.3 is 5.32 Å². The third kappa shape index (κ3) is 6.50. The molecule has 0 fully saturated rings. The molecule has 0 heterocycles. The zero-order chi connectivity index (χ0) is 17.7. The highest BCUT2D eigenvalue weighted by atomic mass is 19.4. The summed E-state index contributed by atoms with van der Waals surface area (Å²) >= 11 is 0. The number of halogens is 6. The Morgan fingerprint density at radius 3 is 1.96 bits per heavy atom. The molecule has 23 heavy (non-hydrogen) atoms. The molecule has 0 aliphatic rings. The van der Waals surface area contributed by atoms with Gasteiger partial charge in [-0.3, -0.25) is 4.79 Å². The molecule has 130 valence electrons. The maximum atomic E-state index is 12.7. The smallest absolute Gasteiger partial charge is 0.356 e. The van der Waals surface area contributed by atoms with E-state index in [-0.39, 0.29) is 24.5 Å². The van der Waals surface area contributed by atoms with Gasteiger partial charge in [0.2, 0.25) is 5.91 Å². The van der Waals surface area contributed by atoms with Crippen LogP contribution in [0.25, 0.3) is 0 Å². The molecule has 0 atom stereocenters. The third-order valence-corrected chi connectivity index (χ3v) is 3.14. The van der Waals surface area contributed by atoms with Gasteiger partial charge in [0.25, 0.3) is 0 Å². The van der Waals surface area contributed by atoms with Crippen molar-refractivity contribution in [2.45, 2.75) is 45.0 Å². The standard InChI is InChI=1S/C15H17F6NO/c1-2-3-6-22-13(23)5-4-10-7-11(14(16,17)18)9-12(8-10)15(19,20)21/h7-9H,2-6H2,1H3,(H,22,23). The number of carbonyl (C=O) groups is 1. The second kappa shape index (κ2) is 7.70. The number of benzene rings is 1. The number of carbonyl (C=O) groups excluding carboxylic acids is 1. The number of aryl methyl sites for hydroxylation is 1. The van der Waals surface area contributed by atoms with Crippen molar-refractivity contribution >= 4 is 5.91 Å². The zero-order valence-electron chi connectivity index (χ0n) is 12.4. The van der Waals surface area contributed by atoms with Gasteiger partial charge in [0.05, 0.1) is 11.1 Å². The molecule has 1 rings (SSSR count). The van der Waals surface area contributed by atoms with E-state index in [9.17, 15) is 31.1 Å². The van der Waals surface area contributed by atoms with Crippen LogP contribution in [0.3, 0.4) is 0 Å². The van der Waals surface area contributed by atoms with Gasteiger partial charge in [0.1, 0.15) is 0 Å². The molecule has 8 heteroatoms. The van der Waals surface area contributed by atoms with E-state index in [4.69, 9.17) is 0 Å². The second-order valence-corrected chi connectivity index (χ2v) is 5.12. The molecular weight excluding hydrogens is 324 g/mol. The van der Waals surface area contributed by atoms with Crippen molar-refractivity contribution in [3.05, 3.63) is 34.9 Å². The predicted octanol–water partition coefficient (Wildman–Crippen LogP) is 4.57. The van der Waals surface area contributed by atoms with Crippen LogP contribution in [0.1, 0.15) is 42.9 Å². The molecule has 0 saturated heterocycles. The van der Waals surface area contributed by atoms with Crippen LogP contribution in [-0.4, -0.2) is 12.5 Å². The van der Waals surface area contributed by atoms with Gasteiger partial charge >= 0.3 is 12.4 Å². The van der Waals surface area contributed by atoms with Crippen molar-refractivity contribution < 1.29 is 31.1 Å². The Morgan fingerprint density at radius 2 is 1.52 bits per heavy atom. The number of unbranched alkanes of at least 4 members (excludes halogenated alkanes) is 1. The quantitative estimate of drug-likeness (QED) is 0.596. The normalized spacial score (nSPS) is 12.3. The molecular formula is C15H17F6NO. The summed E-state index contributed by atoms with van der Waals surface area (Å²) in [6, 6.07) is 1.37. The van der Waals surface area contributed by atoms with Crippen LogP contribution in [0.5, 0.6) is 0 Å². The summed E-state index contributed by atoms with van der Waals surface area (Å²) < 4.78 is 76.2. The fraction of sp³-hybridized carbons (Fsp3) is 0.533. The average molecular weight is 341 g/mol. The van der Waals surface area contributed by atoms with Crippen LogP contribution in [-0.2, 0) is 23.6 Å². The monoisotopic (exact) mass is 341 g/mol. The summed E-state index contributed by atoms with van der Waals surface area (Å²) in [6.07, 6.45) is -8.48. The van der Waals surface area contributed by atoms with Gasteiger partial charge in [-0.2, -0.15) is 26.3 Å². The molecule has 1 aromatic rings. The average Bonchev–Trinajstić information content (AvgIpc) is 2.43. The summed E-state index contributed by atoms with van der Waals surface area (Å²) in [5.41, 5.74) is -2.90. The molecule has 0 spiro atoms. The molecule has 0 bridgehead atoms. The number of nitrogens with one attached hydrogen (secondary N) is 1. The van der Waals surface area contributed by atoms with Gasteiger partial charge in [0, 0.05) is 13.0 Å². The lowest BCUT2D eigenvalue weighted by molar-refractivity contribution is -0.143. The zero-order valence-corrected chi connectivity index (χ0v) is 12.4. The van der Waals surface area contributed by atoms with Crippen LogP contribution in [0.2, 0.25) is 0 Å². The first-order chi connectivity index (χ1) is 10.5. The SMILES string of the molecule is CCCCNC(=O)CCc1cc(C(F)(F)F)cc(C(F)(F)F)c1. The topological polar surface area (TPSA) is 29.1 Å². The lowest BCUT2D eigenvalue weighted by Crippen LogP contribution is -2.24. The highest BCUT2D eigenvalue weighted by Crippen LogP contribution is 2.36. The van der Waals surface area contributed by atoms with E-state index in [1.165, 1.54) is 0 Å². The van der Waals surface area contributed by atoms with Crippen LogP contribution in [0.4, 0.5) is 26.3 Å². The molecule has 1 amide bonds. The van der Waals surface area contributed by atoms with E-state index in [2.05, 4.69) is 5.32 Å². The number of hydrogen-bond donors (Lipinski definition) is 1. The maximum absolute atomic E-state index is 12.7. The fourth-order valence-corrected chi connectivity index (χ4v) is 1.91. The third-order valence-electron chi connectivity index (χ3n) is 3.14. The summed E-state index contributed by atoms with van der Waals surface area (Å²) in [6.45, 7) is 2.36. The van der Waals surface area contributed by atoms with E-state index in [1.54, 1.807) is 0 Å². The van der Waals surface area contributed by atoms with Crippen LogP contribution < -0.4 is 5.32 Å². The minimum atomic E-state index is -4.88. The highest BCUT2D eigenvalue weighted by molar-refractivity contribution is 5.76. The van der Waals surface area contributed by atoms with Crippen molar-refractivity contribution in [3.8, 4) is 0 Å². The Morgan fingerprint density at radius 1 is 1.00 bits per heavy atom. The highest BCUT2D eigenvalue weighted by Gasteiger charge is 2.36. The summed E-state index contributed by atoms with van der Waals surface area (Å²) in [4.78, 5) is 11.5. The van der Waals surface area contributed by atoms with E-state index < -0.39 is 29.4 Å². The lowest BCUT2D eigenvalue weighted by Gasteiger charge is -2.14. The molecule has 0 radical (unpaired) electrons. The molecule has 1 N–H and O–H groups in total. The minimum absolute atomic E-state index is 0.0742. The van der Waals surface area contributed by atoms with Crippen molar-refractivity contribution in [2.75, 3.05) is 6.54 Å². The van der Waals surface area contributed by atoms with Crippen molar-refractivity contribution in [1.29, 1.82) is 0 Å². The maximum Gasteiger partial charge on any atom is 0.416 e. The predicted molar refractivity (Wildman–Crippen MR) is 72.7 cm³/mol. The largest absolute Gasteiger partial charge is 0.416 e. The molecule has 2 nitrogen and oxygen atoms in total. The first-order valence-corrected chi connectivity index (χ1v) is 7.09. The Labute approximate surface area is 129 Å². The van der Waals surface area contributed by atoms with E-state index in [0.29, 0.717) is 18.7 Å². The van der Waals surface area contributed by atoms with E-state index in [0.717, 1.165) is 12.8 Å². The number of amides is 1. The summed E-state index contributed by atoms with van der Waals surface area (Å²) in [5.74, 6) is -0.399. The molecule has 1 aromatic carbocycles. The molecule has 0 aliphatic carbocycles. The van der Waals surface area contributed by atoms with Gasteiger partial charge in [-0.15, -0.1) is 0 Å². The Bertz CT molecular complexity index is 503. The second-order valence-electron chi connectivity index (χ2n) is 5.12. The molecule has 0 unspecified atom stereocenters. The number of hydrogen-bond acceptors (Lipinski definition) is 1. The van der Waals surface area contributed by atoms with Crippen LogP contribution in [0, 0.1) is 0 Å². The van der Waals surface area contributed by atoms with Gasteiger partial charge in [0.15, 0.2) is 0 Å². The van der Waals surface area contributed by atoms with E-state index in [1.807, 2.05) is 6.92 Å². The van der Waals surface area contributed by atoms with Crippen molar-refractivity contribution in [3.63, 3.8) is 0 Å². The Hall–Kier alpha value is -1.73. The van der Waals surface area contributed by atoms with Crippen LogP contribution in [0.15, 0.2) is 18.2 Å². The van der Waals surface area contributed by atoms with Crippen molar-refractivity contribution in [1.82, 2.24) is 5.32 Å². The Balaban J connectivity index is 2.87.